The van der Waals surface area contributed by atoms with Gasteiger partial charge in [-0.1, -0.05) is 0 Å². The highest BCUT2D eigenvalue weighted by atomic mass is 15.5. The van der Waals surface area contributed by atoms with Gasteiger partial charge in [0, 0.05) is 0 Å². The summed E-state index contributed by atoms with van der Waals surface area (Å²) in [4.78, 5) is 1.83. The summed E-state index contributed by atoms with van der Waals surface area (Å²) < 4.78 is 0. The number of rotatable bonds is 0. The predicted octanol–water partition coefficient (Wildman–Crippen LogP) is 3.42. The lowest BCUT2D eigenvalue weighted by Crippen LogP contribution is -2.24. The van der Waals surface area contributed by atoms with Crippen LogP contribution in [0.15, 0.2) is 0 Å². The minimum Gasteiger partial charge on any atom is -0.178 e. The topological polar surface area (TPSA) is 30.7 Å². The number of aromatic nitrogens is 3. The average molecular weight is 231 g/mol. The third-order valence-corrected chi connectivity index (χ3v) is 3.61. The van der Waals surface area contributed by atoms with E-state index in [1.54, 1.807) is 0 Å². The van der Waals surface area contributed by atoms with Gasteiger partial charge in [0.05, 0.1) is 5.54 Å². The number of benzene rings is 1. The quantitative estimate of drug-likeness (QED) is 0.695. The molecule has 0 bridgehead atoms. The summed E-state index contributed by atoms with van der Waals surface area (Å²) in [6.07, 6.45) is 0. The van der Waals surface area contributed by atoms with Crippen molar-refractivity contribution in [2.45, 2.75) is 54.0 Å². The number of hydrogen-bond acceptors (Lipinski definition) is 2. The van der Waals surface area contributed by atoms with Gasteiger partial charge >= 0.3 is 0 Å². The molecule has 3 nitrogen and oxygen atoms in total. The van der Waals surface area contributed by atoms with Gasteiger partial charge in [-0.05, 0) is 70.7 Å². The first-order chi connectivity index (χ1) is 7.73. The van der Waals surface area contributed by atoms with E-state index in [0.717, 1.165) is 11.0 Å². The van der Waals surface area contributed by atoms with Gasteiger partial charge in [0.1, 0.15) is 11.0 Å². The first-order valence-electron chi connectivity index (χ1n) is 6.07. The van der Waals surface area contributed by atoms with Crippen LogP contribution >= 0.6 is 0 Å². The SMILES string of the molecule is Cc1c(C)c(C)c2nn(C(C)(C)C)nc2c1C. The van der Waals surface area contributed by atoms with Crippen LogP contribution in [-0.2, 0) is 5.54 Å². The highest BCUT2D eigenvalue weighted by molar-refractivity contribution is 5.83. The van der Waals surface area contributed by atoms with Gasteiger partial charge in [-0.2, -0.15) is 15.0 Å². The second-order valence-electron chi connectivity index (χ2n) is 5.86. The molecule has 0 N–H and O–H groups in total. The Balaban J connectivity index is 2.86. The highest BCUT2D eigenvalue weighted by Gasteiger charge is 2.20. The van der Waals surface area contributed by atoms with Crippen molar-refractivity contribution in [2.75, 3.05) is 0 Å². The van der Waals surface area contributed by atoms with Gasteiger partial charge < -0.3 is 0 Å². The second-order valence-corrected chi connectivity index (χ2v) is 5.86. The Kier molecular flexibility index (Phi) is 2.53. The van der Waals surface area contributed by atoms with Crippen molar-refractivity contribution >= 4 is 11.0 Å². The lowest BCUT2D eigenvalue weighted by Gasteiger charge is -2.16. The van der Waals surface area contributed by atoms with Crippen molar-refractivity contribution in [3.05, 3.63) is 22.3 Å². The molecule has 0 saturated heterocycles. The van der Waals surface area contributed by atoms with Crippen LogP contribution in [0.5, 0.6) is 0 Å². The Morgan fingerprint density at radius 3 is 1.35 bits per heavy atom. The third kappa shape index (κ3) is 1.74. The Bertz CT molecular complexity index is 541. The molecular weight excluding hydrogens is 210 g/mol. The van der Waals surface area contributed by atoms with Crippen molar-refractivity contribution in [2.24, 2.45) is 0 Å². The molecule has 2 aromatic rings. The standard InChI is InChI=1S/C14H21N3/c1-8-9(2)11(4)13-12(10(8)3)15-17(16-13)14(5,6)7/h1-7H3. The van der Waals surface area contributed by atoms with Crippen LogP contribution < -0.4 is 0 Å². The highest BCUT2D eigenvalue weighted by Crippen LogP contribution is 2.27. The Morgan fingerprint density at radius 2 is 1.06 bits per heavy atom. The van der Waals surface area contributed by atoms with Crippen molar-refractivity contribution in [1.29, 1.82) is 0 Å². The smallest absolute Gasteiger partial charge is 0.116 e. The fraction of sp³-hybridized carbons (Fsp3) is 0.571. The molecule has 1 aromatic carbocycles. The summed E-state index contributed by atoms with van der Waals surface area (Å²) >= 11 is 0. The molecule has 92 valence electrons. The first-order valence-corrected chi connectivity index (χ1v) is 6.07. The van der Waals surface area contributed by atoms with E-state index in [0.29, 0.717) is 0 Å². The molecule has 0 fully saturated rings. The molecule has 0 aliphatic carbocycles. The van der Waals surface area contributed by atoms with E-state index in [9.17, 15) is 0 Å². The molecule has 0 aliphatic rings. The molecule has 1 aromatic heterocycles. The molecule has 0 amide bonds. The summed E-state index contributed by atoms with van der Waals surface area (Å²) in [5.74, 6) is 0. The van der Waals surface area contributed by atoms with Crippen molar-refractivity contribution in [3.63, 3.8) is 0 Å². The maximum absolute atomic E-state index is 4.65. The molecule has 17 heavy (non-hydrogen) atoms. The molecule has 1 heterocycles. The van der Waals surface area contributed by atoms with Crippen LogP contribution in [0.2, 0.25) is 0 Å². The molecular formula is C14H21N3. The van der Waals surface area contributed by atoms with E-state index < -0.39 is 0 Å². The fourth-order valence-electron chi connectivity index (χ4n) is 2.03. The van der Waals surface area contributed by atoms with Gasteiger partial charge in [-0.3, -0.25) is 0 Å². The fourth-order valence-corrected chi connectivity index (χ4v) is 2.03. The molecule has 0 spiro atoms. The zero-order valence-corrected chi connectivity index (χ0v) is 11.8. The van der Waals surface area contributed by atoms with E-state index in [1.807, 2.05) is 4.80 Å². The van der Waals surface area contributed by atoms with Gasteiger partial charge in [0.2, 0.25) is 0 Å². The van der Waals surface area contributed by atoms with Crippen LogP contribution in [0.3, 0.4) is 0 Å². The Hall–Kier alpha value is -1.38. The van der Waals surface area contributed by atoms with Crippen LogP contribution in [0, 0.1) is 27.7 Å². The van der Waals surface area contributed by atoms with Crippen LogP contribution in [0.1, 0.15) is 43.0 Å². The monoisotopic (exact) mass is 231 g/mol. The summed E-state index contributed by atoms with van der Waals surface area (Å²) in [6.45, 7) is 14.9. The first kappa shape index (κ1) is 12.1. The zero-order chi connectivity index (χ0) is 13.0. The minimum absolute atomic E-state index is 0.0697. The number of hydrogen-bond donors (Lipinski definition) is 0. The summed E-state index contributed by atoms with van der Waals surface area (Å²) in [5, 5.41) is 9.30. The van der Waals surface area contributed by atoms with Crippen molar-refractivity contribution in [1.82, 2.24) is 15.0 Å². The van der Waals surface area contributed by atoms with Crippen molar-refractivity contribution in [3.8, 4) is 0 Å². The van der Waals surface area contributed by atoms with Gasteiger partial charge in [0.25, 0.3) is 0 Å². The van der Waals surface area contributed by atoms with E-state index in [-0.39, 0.29) is 5.54 Å². The maximum atomic E-state index is 4.65. The second kappa shape index (κ2) is 3.56. The minimum atomic E-state index is -0.0697. The molecule has 0 atom stereocenters. The summed E-state index contributed by atoms with van der Waals surface area (Å²) in [7, 11) is 0. The number of fused-ring (bicyclic) bond motifs is 1. The molecule has 2 rings (SSSR count). The number of aryl methyl sites for hydroxylation is 2. The van der Waals surface area contributed by atoms with Crippen LogP contribution in [0.25, 0.3) is 11.0 Å². The average Bonchev–Trinajstić information content (AvgIpc) is 2.67. The lowest BCUT2D eigenvalue weighted by atomic mass is 9.98. The number of nitrogens with zero attached hydrogens (tertiary/aromatic N) is 3. The molecule has 0 unspecified atom stereocenters. The summed E-state index contributed by atoms with van der Waals surface area (Å²) in [6, 6.07) is 0. The predicted molar refractivity (Wildman–Crippen MR) is 71.5 cm³/mol. The van der Waals surface area contributed by atoms with E-state index in [1.165, 1.54) is 22.3 Å². The normalized spacial score (nSPS) is 12.4. The van der Waals surface area contributed by atoms with Crippen LogP contribution in [-0.4, -0.2) is 15.0 Å². The van der Waals surface area contributed by atoms with Gasteiger partial charge in [-0.15, -0.1) is 0 Å². The molecule has 0 aliphatic heterocycles. The van der Waals surface area contributed by atoms with Gasteiger partial charge in [0.15, 0.2) is 0 Å². The van der Waals surface area contributed by atoms with Crippen LogP contribution in [0.4, 0.5) is 0 Å². The van der Waals surface area contributed by atoms with Gasteiger partial charge in [-0.25, -0.2) is 0 Å². The van der Waals surface area contributed by atoms with Crippen molar-refractivity contribution < 1.29 is 0 Å². The lowest BCUT2D eigenvalue weighted by molar-refractivity contribution is 0.316. The van der Waals surface area contributed by atoms with E-state index >= 15 is 0 Å². The maximum Gasteiger partial charge on any atom is 0.116 e. The Morgan fingerprint density at radius 1 is 0.706 bits per heavy atom. The van der Waals surface area contributed by atoms with E-state index in [4.69, 9.17) is 0 Å². The largest absolute Gasteiger partial charge is 0.178 e. The molecule has 0 saturated carbocycles. The third-order valence-electron chi connectivity index (χ3n) is 3.61. The van der Waals surface area contributed by atoms with E-state index in [2.05, 4.69) is 58.7 Å². The zero-order valence-electron chi connectivity index (χ0n) is 11.8. The molecule has 3 heteroatoms. The Labute approximate surface area is 103 Å². The summed E-state index contributed by atoms with van der Waals surface area (Å²) in [5.41, 5.74) is 7.17. The molecule has 0 radical (unpaired) electrons.